The van der Waals surface area contributed by atoms with Crippen molar-refractivity contribution >= 4 is 18.3 Å². The molecule has 1 amide bonds. The van der Waals surface area contributed by atoms with Crippen LogP contribution in [-0.4, -0.2) is 72.2 Å². The average Bonchev–Trinajstić information content (AvgIpc) is 2.90. The van der Waals surface area contributed by atoms with Crippen LogP contribution in [0.3, 0.4) is 0 Å². The first-order valence-corrected chi connectivity index (χ1v) is 13.5. The SMILES string of the molecule is C[C@@H]1CN(Cc2ccc(-c3cccc(Oc4ncc(F)cc4C(N)=O)c3)c(CN3CCOCC3)c2)C[C@H](C)N1.Cl. The molecule has 0 saturated carbocycles. The molecule has 2 atom stereocenters. The van der Waals surface area contributed by atoms with Gasteiger partial charge in [0.2, 0.25) is 5.88 Å². The number of halogens is 2. The molecule has 0 bridgehead atoms. The normalized spacial score (nSPS) is 20.1. The Morgan fingerprint density at radius 1 is 1.07 bits per heavy atom. The number of nitrogens with one attached hydrogen (secondary N) is 1. The molecule has 3 heterocycles. The summed E-state index contributed by atoms with van der Waals surface area (Å²) in [5.41, 5.74) is 9.93. The van der Waals surface area contributed by atoms with Crippen LogP contribution >= 0.6 is 12.4 Å². The van der Waals surface area contributed by atoms with Crippen LogP contribution in [0, 0.1) is 5.82 Å². The zero-order valence-corrected chi connectivity index (χ0v) is 23.8. The Kier molecular flexibility index (Phi) is 10.1. The minimum atomic E-state index is -0.801. The van der Waals surface area contributed by atoms with Gasteiger partial charge in [0, 0.05) is 51.4 Å². The Hall–Kier alpha value is -3.08. The van der Waals surface area contributed by atoms with Crippen LogP contribution in [0.5, 0.6) is 11.6 Å². The number of aromatic nitrogens is 1. The minimum absolute atomic E-state index is 0. The number of amides is 1. The number of nitrogens with two attached hydrogens (primary N) is 1. The van der Waals surface area contributed by atoms with E-state index in [0.29, 0.717) is 17.8 Å². The fourth-order valence-corrected chi connectivity index (χ4v) is 5.51. The number of nitrogens with zero attached hydrogens (tertiary/aromatic N) is 3. The van der Waals surface area contributed by atoms with Crippen LogP contribution < -0.4 is 15.8 Å². The van der Waals surface area contributed by atoms with E-state index in [0.717, 1.165) is 75.9 Å². The predicted molar refractivity (Wildman–Crippen MR) is 155 cm³/mol. The highest BCUT2D eigenvalue weighted by molar-refractivity contribution is 5.95. The highest BCUT2D eigenvalue weighted by Gasteiger charge is 2.22. The van der Waals surface area contributed by atoms with Crippen LogP contribution in [-0.2, 0) is 17.8 Å². The van der Waals surface area contributed by atoms with Crippen LogP contribution in [0.2, 0.25) is 0 Å². The molecule has 1 aromatic heterocycles. The summed E-state index contributed by atoms with van der Waals surface area (Å²) >= 11 is 0. The maximum atomic E-state index is 13.6. The van der Waals surface area contributed by atoms with E-state index >= 15 is 0 Å². The van der Waals surface area contributed by atoms with Gasteiger partial charge < -0.3 is 20.5 Å². The average molecular weight is 570 g/mol. The molecule has 2 aromatic carbocycles. The standard InChI is InChI=1S/C30H36FN5O3.ClH/c1-20-16-36(17-21(2)34-20)18-22-6-7-27(24(12-22)19-35-8-10-38-11-9-35)23-4-3-5-26(13-23)39-30-28(29(32)37)14-25(31)15-33-30;/h3-7,12-15,20-21,34H,8-11,16-19H2,1-2H3,(H2,32,37);1H/t20-,21+;. The zero-order valence-electron chi connectivity index (χ0n) is 22.9. The molecule has 2 saturated heterocycles. The Morgan fingerprint density at radius 2 is 1.82 bits per heavy atom. The van der Waals surface area contributed by atoms with Crippen molar-refractivity contribution < 1.29 is 18.7 Å². The quantitative estimate of drug-likeness (QED) is 0.420. The Bertz CT molecular complexity index is 1310. The Labute approximate surface area is 241 Å². The van der Waals surface area contributed by atoms with Gasteiger partial charge in [0.1, 0.15) is 17.1 Å². The number of pyridine rings is 1. The summed E-state index contributed by atoms with van der Waals surface area (Å²) in [5, 5.41) is 3.61. The second-order valence-electron chi connectivity index (χ2n) is 10.5. The van der Waals surface area contributed by atoms with Gasteiger partial charge in [0.05, 0.1) is 19.4 Å². The van der Waals surface area contributed by atoms with Crippen molar-refractivity contribution in [1.82, 2.24) is 20.1 Å². The van der Waals surface area contributed by atoms with Crippen molar-refractivity contribution in [3.8, 4) is 22.8 Å². The molecule has 5 rings (SSSR count). The molecule has 0 spiro atoms. The fraction of sp³-hybridized carbons (Fsp3) is 0.400. The predicted octanol–water partition coefficient (Wildman–Crippen LogP) is 4.22. The monoisotopic (exact) mass is 569 g/mol. The highest BCUT2D eigenvalue weighted by Crippen LogP contribution is 2.32. The minimum Gasteiger partial charge on any atom is -0.438 e. The molecule has 2 aliphatic rings. The van der Waals surface area contributed by atoms with E-state index in [4.69, 9.17) is 15.2 Å². The third-order valence-corrected chi connectivity index (χ3v) is 7.15. The zero-order chi connectivity index (χ0) is 27.4. The van der Waals surface area contributed by atoms with Gasteiger partial charge in [-0.1, -0.05) is 30.3 Å². The summed E-state index contributed by atoms with van der Waals surface area (Å²) < 4.78 is 25.1. The number of primary amides is 1. The topological polar surface area (TPSA) is 92.9 Å². The van der Waals surface area contributed by atoms with Crippen LogP contribution in [0.4, 0.5) is 4.39 Å². The number of morpholine rings is 1. The Morgan fingerprint density at radius 3 is 2.55 bits per heavy atom. The first-order chi connectivity index (χ1) is 18.8. The van der Waals surface area contributed by atoms with Crippen molar-refractivity contribution in [3.05, 3.63) is 77.2 Å². The molecule has 3 N–H and O–H groups in total. The maximum absolute atomic E-state index is 13.6. The molecule has 0 radical (unpaired) electrons. The number of carbonyl (C=O) groups is 1. The first-order valence-electron chi connectivity index (χ1n) is 13.5. The molecule has 3 aromatic rings. The molecule has 40 heavy (non-hydrogen) atoms. The lowest BCUT2D eigenvalue weighted by Gasteiger charge is -2.36. The van der Waals surface area contributed by atoms with Gasteiger partial charge in [-0.25, -0.2) is 9.37 Å². The molecule has 2 aliphatic heterocycles. The molecule has 10 heteroatoms. The summed E-state index contributed by atoms with van der Waals surface area (Å²) in [7, 11) is 0. The van der Waals surface area contributed by atoms with Gasteiger partial charge >= 0.3 is 0 Å². The molecular weight excluding hydrogens is 533 g/mol. The Balaban J connectivity index is 0.00000370. The van der Waals surface area contributed by atoms with Gasteiger partial charge in [0.15, 0.2) is 0 Å². The summed E-state index contributed by atoms with van der Waals surface area (Å²) in [4.78, 5) is 20.7. The first kappa shape index (κ1) is 29.9. The third-order valence-electron chi connectivity index (χ3n) is 7.15. The van der Waals surface area contributed by atoms with Crippen LogP contribution in [0.15, 0.2) is 54.7 Å². The number of benzene rings is 2. The summed E-state index contributed by atoms with van der Waals surface area (Å²) in [6.07, 6.45) is 1.00. The third kappa shape index (κ3) is 7.56. The van der Waals surface area contributed by atoms with Crippen LogP contribution in [0.25, 0.3) is 11.1 Å². The van der Waals surface area contributed by atoms with Gasteiger partial charge in [-0.2, -0.15) is 0 Å². The molecule has 0 aliphatic carbocycles. The van der Waals surface area contributed by atoms with E-state index in [2.05, 4.69) is 52.1 Å². The van der Waals surface area contributed by atoms with E-state index in [1.165, 1.54) is 11.1 Å². The number of carbonyl (C=O) groups excluding carboxylic acids is 1. The number of hydrogen-bond acceptors (Lipinski definition) is 7. The van der Waals surface area contributed by atoms with Crippen molar-refractivity contribution in [2.24, 2.45) is 5.73 Å². The van der Waals surface area contributed by atoms with Gasteiger partial charge in [-0.15, -0.1) is 12.4 Å². The van der Waals surface area contributed by atoms with Crippen molar-refractivity contribution in [1.29, 1.82) is 0 Å². The van der Waals surface area contributed by atoms with E-state index in [9.17, 15) is 9.18 Å². The summed E-state index contributed by atoms with van der Waals surface area (Å²) in [6.45, 7) is 11.5. The largest absolute Gasteiger partial charge is 0.438 e. The number of piperazine rings is 1. The van der Waals surface area contributed by atoms with Gasteiger partial charge in [0.25, 0.3) is 5.91 Å². The van der Waals surface area contributed by atoms with Crippen molar-refractivity contribution in [2.75, 3.05) is 39.4 Å². The lowest BCUT2D eigenvalue weighted by atomic mass is 9.96. The fourth-order valence-electron chi connectivity index (χ4n) is 5.51. The molecule has 8 nitrogen and oxygen atoms in total. The smallest absolute Gasteiger partial charge is 0.254 e. The maximum Gasteiger partial charge on any atom is 0.254 e. The molecule has 0 unspecified atom stereocenters. The molecule has 214 valence electrons. The summed E-state index contributed by atoms with van der Waals surface area (Å²) in [5.74, 6) is -0.990. The van der Waals surface area contributed by atoms with E-state index in [1.807, 2.05) is 18.2 Å². The van der Waals surface area contributed by atoms with Gasteiger partial charge in [-0.05, 0) is 54.3 Å². The second-order valence-corrected chi connectivity index (χ2v) is 10.5. The highest BCUT2D eigenvalue weighted by atomic mass is 35.5. The van der Waals surface area contributed by atoms with Crippen molar-refractivity contribution in [2.45, 2.75) is 39.0 Å². The molecule has 2 fully saturated rings. The second kappa shape index (κ2) is 13.5. The number of rotatable bonds is 8. The van der Waals surface area contributed by atoms with E-state index in [-0.39, 0.29) is 23.9 Å². The van der Waals surface area contributed by atoms with E-state index < -0.39 is 11.7 Å². The summed E-state index contributed by atoms with van der Waals surface area (Å²) in [6, 6.07) is 16.3. The molecular formula is C30H37ClFN5O3. The lowest BCUT2D eigenvalue weighted by molar-refractivity contribution is 0.0342. The van der Waals surface area contributed by atoms with E-state index in [1.54, 1.807) is 6.07 Å². The van der Waals surface area contributed by atoms with Gasteiger partial charge in [-0.3, -0.25) is 14.6 Å². The van der Waals surface area contributed by atoms with Crippen molar-refractivity contribution in [3.63, 3.8) is 0 Å². The lowest BCUT2D eigenvalue weighted by Crippen LogP contribution is -2.53. The van der Waals surface area contributed by atoms with Crippen LogP contribution in [0.1, 0.15) is 35.3 Å². The number of ether oxygens (including phenoxy) is 2. The number of hydrogen-bond donors (Lipinski definition) is 2.